The summed E-state index contributed by atoms with van der Waals surface area (Å²) in [6, 6.07) is 6.88. The van der Waals surface area contributed by atoms with E-state index < -0.39 is 25.0 Å². The van der Waals surface area contributed by atoms with Gasteiger partial charge in [0.15, 0.2) is 0 Å². The van der Waals surface area contributed by atoms with Gasteiger partial charge in [-0.05, 0) is 68.8 Å². The average Bonchev–Trinajstić information content (AvgIpc) is 2.85. The first-order chi connectivity index (χ1) is 17.4. The van der Waals surface area contributed by atoms with Crippen LogP contribution in [-0.4, -0.2) is 77.8 Å². The molecule has 0 radical (unpaired) electrons. The van der Waals surface area contributed by atoms with E-state index in [1.165, 1.54) is 5.56 Å². The summed E-state index contributed by atoms with van der Waals surface area (Å²) in [6.07, 6.45) is 4.24. The van der Waals surface area contributed by atoms with E-state index in [1.54, 1.807) is 18.3 Å². The highest BCUT2D eigenvalue weighted by atomic mass is 79.9. The monoisotopic (exact) mass is 569 g/mol. The molecule has 3 rings (SSSR count). The first kappa shape index (κ1) is 28.2. The lowest BCUT2D eigenvalue weighted by Gasteiger charge is -2.24. The highest BCUT2D eigenvalue weighted by molar-refractivity contribution is 9.10. The van der Waals surface area contributed by atoms with Gasteiger partial charge in [0.1, 0.15) is 24.3 Å². The fourth-order valence-corrected chi connectivity index (χ4v) is 4.42. The summed E-state index contributed by atoms with van der Waals surface area (Å²) in [5, 5.41) is 16.0. The molecule has 0 aromatic carbocycles. The van der Waals surface area contributed by atoms with E-state index in [1.807, 2.05) is 0 Å². The summed E-state index contributed by atoms with van der Waals surface area (Å²) in [5.41, 5.74) is 2.31. The number of carboxylic acid groups (broad SMARTS) is 1. The number of aromatic nitrogens is 2. The van der Waals surface area contributed by atoms with Crippen LogP contribution in [0.2, 0.25) is 0 Å². The Morgan fingerprint density at radius 2 is 2.11 bits per heavy atom. The van der Waals surface area contributed by atoms with Gasteiger partial charge in [0.2, 0.25) is 0 Å². The largest absolute Gasteiger partial charge is 0.480 e. The van der Waals surface area contributed by atoms with Crippen molar-refractivity contribution in [1.82, 2.24) is 14.9 Å². The lowest BCUT2D eigenvalue weighted by molar-refractivity contribution is -0.138. The third-order valence-electron chi connectivity index (χ3n) is 5.98. The van der Waals surface area contributed by atoms with E-state index in [9.17, 15) is 18.7 Å². The number of alkyl halides is 2. The van der Waals surface area contributed by atoms with Crippen molar-refractivity contribution >= 4 is 33.5 Å². The number of aryl methyl sites for hydroxylation is 2. The lowest BCUT2D eigenvalue weighted by atomic mass is 10.1. The van der Waals surface area contributed by atoms with E-state index in [-0.39, 0.29) is 6.61 Å². The number of nitrogens with one attached hydrogen (secondary N) is 2. The van der Waals surface area contributed by atoms with Crippen molar-refractivity contribution in [3.05, 3.63) is 46.2 Å². The predicted molar refractivity (Wildman–Crippen MR) is 139 cm³/mol. The molecule has 8 nitrogen and oxygen atoms in total. The Labute approximate surface area is 219 Å². The molecule has 2 aromatic rings. The molecule has 198 valence electrons. The minimum absolute atomic E-state index is 0.167. The Hall–Kier alpha value is -2.37. The smallest absolute Gasteiger partial charge is 0.326 e. The Balaban J connectivity index is 1.49. The summed E-state index contributed by atoms with van der Waals surface area (Å²) in [5.74, 6) is 0.483. The SMILES string of the molecule is O=C(O)C(CCN(CCCCc1ccc2c(n1)NCCC2)CCOCC(F)F)Nc1cc(Br)ccn1. The van der Waals surface area contributed by atoms with Gasteiger partial charge in [-0.25, -0.2) is 23.5 Å². The number of ether oxygens (including phenoxy) is 1. The number of aliphatic carboxylic acids is 1. The van der Waals surface area contributed by atoms with Crippen LogP contribution in [0, 0.1) is 0 Å². The molecule has 3 N–H and O–H groups in total. The molecule has 11 heteroatoms. The lowest BCUT2D eigenvalue weighted by Crippen LogP contribution is -2.37. The molecule has 0 fully saturated rings. The zero-order chi connectivity index (χ0) is 25.8. The van der Waals surface area contributed by atoms with Gasteiger partial charge < -0.3 is 25.4 Å². The first-order valence-corrected chi connectivity index (χ1v) is 13.1. The Morgan fingerprint density at radius 1 is 1.25 bits per heavy atom. The number of pyridine rings is 2. The fourth-order valence-electron chi connectivity index (χ4n) is 4.08. The Morgan fingerprint density at radius 3 is 2.89 bits per heavy atom. The molecular formula is C25H34BrF2N5O3. The number of anilines is 2. The number of unbranched alkanes of at least 4 members (excludes halogenated alkanes) is 1. The molecule has 1 unspecified atom stereocenters. The van der Waals surface area contributed by atoms with Crippen molar-refractivity contribution in [2.24, 2.45) is 0 Å². The quantitative estimate of drug-likeness (QED) is 0.255. The second-order valence-electron chi connectivity index (χ2n) is 8.79. The zero-order valence-corrected chi connectivity index (χ0v) is 21.9. The summed E-state index contributed by atoms with van der Waals surface area (Å²) >= 11 is 3.36. The maximum atomic E-state index is 12.4. The summed E-state index contributed by atoms with van der Waals surface area (Å²) in [4.78, 5) is 22.8. The molecule has 2 aromatic heterocycles. The van der Waals surface area contributed by atoms with Gasteiger partial charge in [-0.3, -0.25) is 0 Å². The van der Waals surface area contributed by atoms with Crippen LogP contribution in [-0.2, 0) is 22.4 Å². The molecule has 1 aliphatic rings. The number of carbonyl (C=O) groups is 1. The number of nitrogens with zero attached hydrogens (tertiary/aromatic N) is 3. The molecule has 0 spiro atoms. The number of hydrogen-bond donors (Lipinski definition) is 3. The van der Waals surface area contributed by atoms with Crippen LogP contribution >= 0.6 is 15.9 Å². The molecule has 0 bridgehead atoms. The van der Waals surface area contributed by atoms with Gasteiger partial charge in [-0.15, -0.1) is 0 Å². The number of carboxylic acids is 1. The van der Waals surface area contributed by atoms with Crippen molar-refractivity contribution in [2.45, 2.75) is 51.0 Å². The number of rotatable bonds is 16. The predicted octanol–water partition coefficient (Wildman–Crippen LogP) is 4.46. The van der Waals surface area contributed by atoms with Gasteiger partial charge in [0.05, 0.1) is 6.61 Å². The van der Waals surface area contributed by atoms with Crippen LogP contribution in [0.1, 0.15) is 36.9 Å². The first-order valence-electron chi connectivity index (χ1n) is 12.3. The van der Waals surface area contributed by atoms with Crippen LogP contribution in [0.15, 0.2) is 34.9 Å². The summed E-state index contributed by atoms with van der Waals surface area (Å²) in [7, 11) is 0. The van der Waals surface area contributed by atoms with Gasteiger partial charge in [-0.1, -0.05) is 22.0 Å². The normalized spacial score (nSPS) is 13.9. The maximum Gasteiger partial charge on any atom is 0.326 e. The van der Waals surface area contributed by atoms with Crippen LogP contribution in [0.4, 0.5) is 20.4 Å². The molecule has 3 heterocycles. The van der Waals surface area contributed by atoms with Crippen LogP contribution < -0.4 is 10.6 Å². The molecule has 0 saturated carbocycles. The van der Waals surface area contributed by atoms with Crippen molar-refractivity contribution in [3.63, 3.8) is 0 Å². The van der Waals surface area contributed by atoms with Gasteiger partial charge in [0.25, 0.3) is 6.43 Å². The highest BCUT2D eigenvalue weighted by Gasteiger charge is 2.19. The fraction of sp³-hybridized carbons (Fsp3) is 0.560. The summed E-state index contributed by atoms with van der Waals surface area (Å²) < 4.78 is 30.7. The van der Waals surface area contributed by atoms with Crippen LogP contribution in [0.25, 0.3) is 0 Å². The zero-order valence-electron chi connectivity index (χ0n) is 20.3. The maximum absolute atomic E-state index is 12.4. The standard InChI is InChI=1S/C25H34BrF2N5O3/c26-19-8-11-29-23(16-19)32-21(25(34)35)9-13-33(14-15-36-17-22(27)28)12-2-1-5-20-7-6-18-4-3-10-30-24(18)31-20/h6-8,11,16,21-22H,1-5,9-10,12-15,17H2,(H,29,32)(H,30,31)(H,34,35). The second-order valence-corrected chi connectivity index (χ2v) is 9.70. The molecule has 0 aliphatic carbocycles. The third kappa shape index (κ3) is 9.94. The van der Waals surface area contributed by atoms with E-state index in [0.29, 0.717) is 31.9 Å². The minimum atomic E-state index is -2.50. The molecule has 1 atom stereocenters. The van der Waals surface area contributed by atoms with E-state index >= 15 is 0 Å². The number of hydrogen-bond acceptors (Lipinski definition) is 7. The summed E-state index contributed by atoms with van der Waals surface area (Å²) in [6.45, 7) is 2.17. The van der Waals surface area contributed by atoms with E-state index in [4.69, 9.17) is 9.72 Å². The van der Waals surface area contributed by atoms with Crippen molar-refractivity contribution in [1.29, 1.82) is 0 Å². The molecule has 1 aliphatic heterocycles. The molecule has 0 amide bonds. The second kappa shape index (κ2) is 15.0. The molecule has 36 heavy (non-hydrogen) atoms. The Bertz CT molecular complexity index is 969. The molecular weight excluding hydrogens is 536 g/mol. The van der Waals surface area contributed by atoms with Crippen molar-refractivity contribution in [2.75, 3.05) is 50.0 Å². The van der Waals surface area contributed by atoms with E-state index in [2.05, 4.69) is 48.6 Å². The van der Waals surface area contributed by atoms with Gasteiger partial charge in [0, 0.05) is 36.0 Å². The van der Waals surface area contributed by atoms with Crippen molar-refractivity contribution < 1.29 is 23.4 Å². The minimum Gasteiger partial charge on any atom is -0.480 e. The number of fused-ring (bicyclic) bond motifs is 1. The Kier molecular flexibility index (Phi) is 11.8. The van der Waals surface area contributed by atoms with Gasteiger partial charge in [-0.2, -0.15) is 0 Å². The third-order valence-corrected chi connectivity index (χ3v) is 6.47. The topological polar surface area (TPSA) is 99.6 Å². The average molecular weight is 570 g/mol. The van der Waals surface area contributed by atoms with Crippen LogP contribution in [0.5, 0.6) is 0 Å². The van der Waals surface area contributed by atoms with E-state index in [0.717, 1.165) is 54.6 Å². The number of halogens is 3. The van der Waals surface area contributed by atoms with Crippen LogP contribution in [0.3, 0.4) is 0 Å². The van der Waals surface area contributed by atoms with Gasteiger partial charge >= 0.3 is 5.97 Å². The highest BCUT2D eigenvalue weighted by Crippen LogP contribution is 2.20. The molecule has 0 saturated heterocycles. The van der Waals surface area contributed by atoms with Crippen molar-refractivity contribution in [3.8, 4) is 0 Å².